The van der Waals surface area contributed by atoms with Gasteiger partial charge in [0.2, 0.25) is 0 Å². The second-order valence-electron chi connectivity index (χ2n) is 5.82. The quantitative estimate of drug-likeness (QED) is 0.626. The maximum Gasteiger partial charge on any atom is 0.387 e. The summed E-state index contributed by atoms with van der Waals surface area (Å²) in [5, 5.41) is 11.4. The number of ether oxygens (including phenoxy) is 1. The van der Waals surface area contributed by atoms with Gasteiger partial charge in [0, 0.05) is 11.3 Å². The summed E-state index contributed by atoms with van der Waals surface area (Å²) in [5.41, 5.74) is 2.00. The molecule has 3 aromatic rings. The Balaban J connectivity index is 1.66. The van der Waals surface area contributed by atoms with E-state index < -0.39 is 18.5 Å². The van der Waals surface area contributed by atoms with E-state index in [1.54, 1.807) is 36.4 Å². The van der Waals surface area contributed by atoms with Crippen LogP contribution in [-0.4, -0.2) is 23.6 Å². The average Bonchev–Trinajstić information content (AvgIpc) is 3.13. The molecule has 2 aromatic carbocycles. The lowest BCUT2D eigenvalue weighted by Crippen LogP contribution is -2.10. The Labute approximate surface area is 158 Å². The number of nitrogens with one attached hydrogen (secondary N) is 1. The predicted octanol–water partition coefficient (Wildman–Crippen LogP) is 4.43. The maximum absolute atomic E-state index is 12.3. The fourth-order valence-corrected chi connectivity index (χ4v) is 2.49. The molecule has 0 saturated heterocycles. The second kappa shape index (κ2) is 8.34. The van der Waals surface area contributed by atoms with Crippen LogP contribution in [0.15, 0.2) is 65.3 Å². The van der Waals surface area contributed by atoms with Crippen molar-refractivity contribution in [1.29, 1.82) is 0 Å². The van der Waals surface area contributed by atoms with Gasteiger partial charge < -0.3 is 19.6 Å². The van der Waals surface area contributed by atoms with Gasteiger partial charge in [-0.1, -0.05) is 12.1 Å². The molecule has 0 fully saturated rings. The van der Waals surface area contributed by atoms with E-state index in [4.69, 9.17) is 9.52 Å². The van der Waals surface area contributed by atoms with Gasteiger partial charge in [-0.15, -0.1) is 0 Å². The van der Waals surface area contributed by atoms with Crippen LogP contribution in [0.2, 0.25) is 0 Å². The number of hydrogen-bond acceptors (Lipinski definition) is 4. The Morgan fingerprint density at radius 2 is 1.75 bits per heavy atom. The number of carbonyl (C=O) groups excluding carboxylic acids is 1. The zero-order valence-corrected chi connectivity index (χ0v) is 14.4. The summed E-state index contributed by atoms with van der Waals surface area (Å²) in [6, 6.07) is 13.8. The number of alkyl halides is 2. The SMILES string of the molecule is O=C(O)Cc1ccc(NC(=O)c2coc(-c3ccc(OC(F)F)cc3)c2)cc1. The van der Waals surface area contributed by atoms with E-state index in [-0.39, 0.29) is 17.7 Å². The number of carbonyl (C=O) groups is 2. The third-order valence-electron chi connectivity index (χ3n) is 3.79. The molecule has 1 heterocycles. The molecule has 0 atom stereocenters. The van der Waals surface area contributed by atoms with Gasteiger partial charge in [0.05, 0.1) is 12.0 Å². The molecule has 0 radical (unpaired) electrons. The standard InChI is InChI=1S/C20H15F2NO5/c21-20(22)28-16-7-3-13(4-8-16)17-10-14(11-27-17)19(26)23-15-5-1-12(2-6-15)9-18(24)25/h1-8,10-11,20H,9H2,(H,23,26)(H,24,25). The van der Waals surface area contributed by atoms with Crippen LogP contribution in [0.25, 0.3) is 11.3 Å². The van der Waals surface area contributed by atoms with Crippen LogP contribution in [0.4, 0.5) is 14.5 Å². The first-order chi connectivity index (χ1) is 13.4. The van der Waals surface area contributed by atoms with Crippen LogP contribution in [0.5, 0.6) is 5.75 Å². The Kier molecular flexibility index (Phi) is 5.69. The summed E-state index contributed by atoms with van der Waals surface area (Å²) < 4.78 is 34.0. The van der Waals surface area contributed by atoms with Gasteiger partial charge in [-0.25, -0.2) is 0 Å². The van der Waals surface area contributed by atoms with Gasteiger partial charge in [0.25, 0.3) is 5.91 Å². The first-order valence-electron chi connectivity index (χ1n) is 8.16. The van der Waals surface area contributed by atoms with Crippen LogP contribution in [0.1, 0.15) is 15.9 Å². The molecule has 2 N–H and O–H groups in total. The van der Waals surface area contributed by atoms with Crippen molar-refractivity contribution in [2.75, 3.05) is 5.32 Å². The molecule has 0 aliphatic carbocycles. The lowest BCUT2D eigenvalue weighted by Gasteiger charge is -2.04. The van der Waals surface area contributed by atoms with Crippen molar-refractivity contribution in [1.82, 2.24) is 0 Å². The van der Waals surface area contributed by atoms with Crippen LogP contribution in [0, 0.1) is 0 Å². The van der Waals surface area contributed by atoms with E-state index in [0.717, 1.165) is 0 Å². The molecule has 0 aliphatic heterocycles. The molecule has 144 valence electrons. The summed E-state index contributed by atoms with van der Waals surface area (Å²) in [5.74, 6) is -0.921. The smallest absolute Gasteiger partial charge is 0.387 e. The van der Waals surface area contributed by atoms with Crippen LogP contribution < -0.4 is 10.1 Å². The Morgan fingerprint density at radius 3 is 2.36 bits per heavy atom. The van der Waals surface area contributed by atoms with Crippen molar-refractivity contribution in [3.8, 4) is 17.1 Å². The van der Waals surface area contributed by atoms with Crippen LogP contribution >= 0.6 is 0 Å². The van der Waals surface area contributed by atoms with Crippen LogP contribution in [-0.2, 0) is 11.2 Å². The molecule has 0 saturated carbocycles. The third kappa shape index (κ3) is 4.94. The van der Waals surface area contributed by atoms with Gasteiger partial charge in [-0.3, -0.25) is 9.59 Å². The number of carboxylic acid groups (broad SMARTS) is 1. The van der Waals surface area contributed by atoms with E-state index in [1.807, 2.05) is 0 Å². The summed E-state index contributed by atoms with van der Waals surface area (Å²) in [6.45, 7) is -2.90. The van der Waals surface area contributed by atoms with Gasteiger partial charge in [-0.2, -0.15) is 8.78 Å². The Morgan fingerprint density at radius 1 is 1.07 bits per heavy atom. The number of amides is 1. The Hall–Kier alpha value is -3.68. The van der Waals surface area contributed by atoms with E-state index in [2.05, 4.69) is 10.1 Å². The van der Waals surface area contributed by atoms with Crippen molar-refractivity contribution in [3.05, 3.63) is 72.0 Å². The number of halogens is 2. The molecule has 0 unspecified atom stereocenters. The summed E-state index contributed by atoms with van der Waals surface area (Å²) in [7, 11) is 0. The zero-order valence-electron chi connectivity index (χ0n) is 14.4. The van der Waals surface area contributed by atoms with Crippen molar-refractivity contribution in [2.24, 2.45) is 0 Å². The Bertz CT molecular complexity index is 965. The van der Waals surface area contributed by atoms with E-state index >= 15 is 0 Å². The van der Waals surface area contributed by atoms with Crippen LogP contribution in [0.3, 0.4) is 0 Å². The zero-order chi connectivity index (χ0) is 20.1. The second-order valence-corrected chi connectivity index (χ2v) is 5.82. The van der Waals surface area contributed by atoms with Gasteiger partial charge >= 0.3 is 12.6 Å². The monoisotopic (exact) mass is 387 g/mol. The number of anilines is 1. The molecule has 1 amide bonds. The molecule has 0 spiro atoms. The highest BCUT2D eigenvalue weighted by Crippen LogP contribution is 2.25. The highest BCUT2D eigenvalue weighted by Gasteiger charge is 2.13. The first-order valence-corrected chi connectivity index (χ1v) is 8.16. The molecule has 0 bridgehead atoms. The highest BCUT2D eigenvalue weighted by molar-refractivity contribution is 6.04. The molecule has 0 aliphatic rings. The van der Waals surface area contributed by atoms with Gasteiger partial charge in [0.15, 0.2) is 0 Å². The van der Waals surface area contributed by atoms with Crippen molar-refractivity contribution in [3.63, 3.8) is 0 Å². The summed E-state index contributed by atoms with van der Waals surface area (Å²) in [6.07, 6.45) is 1.19. The van der Waals surface area contributed by atoms with E-state index in [1.165, 1.54) is 24.5 Å². The topological polar surface area (TPSA) is 88.8 Å². The minimum Gasteiger partial charge on any atom is -0.481 e. The number of furan rings is 1. The van der Waals surface area contributed by atoms with Crippen molar-refractivity contribution in [2.45, 2.75) is 13.0 Å². The van der Waals surface area contributed by atoms with Crippen molar-refractivity contribution < 1.29 is 32.6 Å². The van der Waals surface area contributed by atoms with Gasteiger partial charge in [-0.05, 0) is 48.0 Å². The molecular formula is C20H15F2NO5. The number of rotatable bonds is 7. The predicted molar refractivity (Wildman–Crippen MR) is 96.5 cm³/mol. The normalized spacial score (nSPS) is 10.7. The molecule has 6 nitrogen and oxygen atoms in total. The first kappa shape index (κ1) is 19.1. The fraction of sp³-hybridized carbons (Fsp3) is 0.100. The van der Waals surface area contributed by atoms with E-state index in [9.17, 15) is 18.4 Å². The lowest BCUT2D eigenvalue weighted by atomic mass is 10.1. The molecule has 3 rings (SSSR count). The third-order valence-corrected chi connectivity index (χ3v) is 3.79. The number of carboxylic acids is 1. The highest BCUT2D eigenvalue weighted by atomic mass is 19.3. The van der Waals surface area contributed by atoms with Gasteiger partial charge in [0.1, 0.15) is 17.8 Å². The number of aliphatic carboxylic acids is 1. The minimum absolute atomic E-state index is 0.0228. The summed E-state index contributed by atoms with van der Waals surface area (Å²) >= 11 is 0. The molecule has 28 heavy (non-hydrogen) atoms. The summed E-state index contributed by atoms with van der Waals surface area (Å²) in [4.78, 5) is 23.0. The number of hydrogen-bond donors (Lipinski definition) is 2. The molecule has 8 heteroatoms. The minimum atomic E-state index is -2.90. The maximum atomic E-state index is 12.3. The largest absolute Gasteiger partial charge is 0.481 e. The van der Waals surface area contributed by atoms with E-state index in [0.29, 0.717) is 22.6 Å². The average molecular weight is 387 g/mol. The lowest BCUT2D eigenvalue weighted by molar-refractivity contribution is -0.136. The molecule has 1 aromatic heterocycles. The molecular weight excluding hydrogens is 372 g/mol. The fourth-order valence-electron chi connectivity index (χ4n) is 2.49. The number of benzene rings is 2. The van der Waals surface area contributed by atoms with Crippen molar-refractivity contribution >= 4 is 17.6 Å².